The van der Waals surface area contributed by atoms with Crippen LogP contribution in [0.4, 0.5) is 5.95 Å². The van der Waals surface area contributed by atoms with Gasteiger partial charge in [0.25, 0.3) is 5.91 Å². The Morgan fingerprint density at radius 2 is 2.11 bits per heavy atom. The monoisotopic (exact) mass is 370 g/mol. The maximum atomic E-state index is 12.6. The van der Waals surface area contributed by atoms with E-state index in [-0.39, 0.29) is 12.0 Å². The van der Waals surface area contributed by atoms with Crippen molar-refractivity contribution in [1.82, 2.24) is 24.6 Å². The predicted molar refractivity (Wildman–Crippen MR) is 101 cm³/mol. The van der Waals surface area contributed by atoms with E-state index in [1.165, 1.54) is 0 Å². The first-order valence-electron chi connectivity index (χ1n) is 9.61. The summed E-state index contributed by atoms with van der Waals surface area (Å²) in [5.74, 6) is 0.845. The Morgan fingerprint density at radius 3 is 2.85 bits per heavy atom. The number of carbonyl (C=O) groups excluding carboxylic acids is 1. The van der Waals surface area contributed by atoms with E-state index in [9.17, 15) is 4.79 Å². The summed E-state index contributed by atoms with van der Waals surface area (Å²) in [7, 11) is 1.91. The maximum Gasteiger partial charge on any atom is 0.251 e. The molecule has 4 heterocycles. The van der Waals surface area contributed by atoms with Gasteiger partial charge in [0.15, 0.2) is 0 Å². The topological polar surface area (TPSA) is 76.4 Å². The Balaban J connectivity index is 1.47. The molecule has 0 bridgehead atoms. The molecule has 8 heteroatoms. The van der Waals surface area contributed by atoms with E-state index in [1.807, 2.05) is 31.1 Å². The molecule has 27 heavy (non-hydrogen) atoms. The highest BCUT2D eigenvalue weighted by Gasteiger charge is 2.29. The molecule has 0 aliphatic carbocycles. The summed E-state index contributed by atoms with van der Waals surface area (Å²) in [6, 6.07) is 1.92. The molecule has 8 nitrogen and oxygen atoms in total. The zero-order valence-corrected chi connectivity index (χ0v) is 16.0. The first-order chi connectivity index (χ1) is 13.1. The van der Waals surface area contributed by atoms with Gasteiger partial charge >= 0.3 is 0 Å². The van der Waals surface area contributed by atoms with Crippen LogP contribution in [0.25, 0.3) is 11.3 Å². The van der Waals surface area contributed by atoms with Gasteiger partial charge in [-0.25, -0.2) is 9.97 Å². The fourth-order valence-corrected chi connectivity index (χ4v) is 3.82. The molecule has 1 atom stereocenters. The van der Waals surface area contributed by atoms with Crippen LogP contribution in [-0.4, -0.2) is 69.4 Å². The van der Waals surface area contributed by atoms with E-state index in [1.54, 1.807) is 10.9 Å². The van der Waals surface area contributed by atoms with Crippen molar-refractivity contribution in [2.45, 2.75) is 32.3 Å². The Labute approximate surface area is 159 Å². The van der Waals surface area contributed by atoms with E-state index in [4.69, 9.17) is 9.72 Å². The molecule has 1 amide bonds. The number of ether oxygens (including phenoxy) is 1. The summed E-state index contributed by atoms with van der Waals surface area (Å²) in [6.45, 7) is 5.69. The molecular formula is C19H26N6O2. The van der Waals surface area contributed by atoms with Crippen LogP contribution < -0.4 is 4.90 Å². The van der Waals surface area contributed by atoms with Crippen LogP contribution in [0.2, 0.25) is 0 Å². The van der Waals surface area contributed by atoms with Crippen LogP contribution in [-0.2, 0) is 16.6 Å². The molecule has 4 rings (SSSR count). The van der Waals surface area contributed by atoms with Crippen LogP contribution >= 0.6 is 0 Å². The third-order valence-electron chi connectivity index (χ3n) is 5.23. The zero-order chi connectivity index (χ0) is 18.8. The summed E-state index contributed by atoms with van der Waals surface area (Å²) in [6.07, 6.45) is 6.25. The normalized spacial score (nSPS) is 20.7. The van der Waals surface area contributed by atoms with Crippen LogP contribution in [0.15, 0.2) is 18.5 Å². The standard InChI is InChI=1S/C19H26N6O2/c1-14-15(13-23(2)22-14)16-6-7-20-19(21-16)25-9-4-8-24(10-11-25)18(26)17-5-3-12-27-17/h6-7,13,17H,3-5,8-12H2,1-2H3. The SMILES string of the molecule is Cc1nn(C)cc1-c1ccnc(N2CCCN(C(=O)C3CCCO3)CC2)n1. The third kappa shape index (κ3) is 3.80. The molecule has 2 fully saturated rings. The lowest BCUT2D eigenvalue weighted by molar-refractivity contribution is -0.140. The average Bonchev–Trinajstić information content (AvgIpc) is 3.24. The molecule has 0 aromatic carbocycles. The lowest BCUT2D eigenvalue weighted by atomic mass is 10.2. The Hall–Kier alpha value is -2.48. The van der Waals surface area contributed by atoms with Crippen molar-refractivity contribution in [3.63, 3.8) is 0 Å². The Bertz CT molecular complexity index is 814. The summed E-state index contributed by atoms with van der Waals surface area (Å²) in [5, 5.41) is 4.40. The van der Waals surface area contributed by atoms with Crippen molar-refractivity contribution in [3.05, 3.63) is 24.2 Å². The van der Waals surface area contributed by atoms with Crippen molar-refractivity contribution >= 4 is 11.9 Å². The molecule has 0 saturated carbocycles. The molecule has 0 radical (unpaired) electrons. The summed E-state index contributed by atoms with van der Waals surface area (Å²) in [4.78, 5) is 26.0. The van der Waals surface area contributed by atoms with Crippen molar-refractivity contribution in [2.24, 2.45) is 7.05 Å². The number of anilines is 1. The number of rotatable bonds is 3. The molecule has 1 unspecified atom stereocenters. The van der Waals surface area contributed by atoms with Gasteiger partial charge in [0.2, 0.25) is 5.95 Å². The highest BCUT2D eigenvalue weighted by Crippen LogP contribution is 2.22. The van der Waals surface area contributed by atoms with Crippen molar-refractivity contribution < 1.29 is 9.53 Å². The van der Waals surface area contributed by atoms with Gasteiger partial charge in [-0.15, -0.1) is 0 Å². The van der Waals surface area contributed by atoms with Gasteiger partial charge in [-0.05, 0) is 32.3 Å². The van der Waals surface area contributed by atoms with Gasteiger partial charge in [0.1, 0.15) is 6.10 Å². The Morgan fingerprint density at radius 1 is 1.22 bits per heavy atom. The van der Waals surface area contributed by atoms with Crippen LogP contribution in [0.1, 0.15) is 25.0 Å². The molecule has 144 valence electrons. The van der Waals surface area contributed by atoms with Crippen molar-refractivity contribution in [2.75, 3.05) is 37.7 Å². The first-order valence-corrected chi connectivity index (χ1v) is 9.61. The smallest absolute Gasteiger partial charge is 0.251 e. The fourth-order valence-electron chi connectivity index (χ4n) is 3.82. The van der Waals surface area contributed by atoms with Gasteiger partial charge in [-0.2, -0.15) is 5.10 Å². The minimum atomic E-state index is -0.246. The molecule has 0 N–H and O–H groups in total. The molecule has 2 saturated heterocycles. The van der Waals surface area contributed by atoms with E-state index in [2.05, 4.69) is 15.0 Å². The van der Waals surface area contributed by atoms with Crippen LogP contribution in [0.3, 0.4) is 0 Å². The van der Waals surface area contributed by atoms with Crippen LogP contribution in [0, 0.1) is 6.92 Å². The molecule has 2 aliphatic heterocycles. The second-order valence-corrected chi connectivity index (χ2v) is 7.21. The minimum absolute atomic E-state index is 0.134. The number of aromatic nitrogens is 4. The number of nitrogens with zero attached hydrogens (tertiary/aromatic N) is 6. The summed E-state index contributed by atoms with van der Waals surface area (Å²) >= 11 is 0. The zero-order valence-electron chi connectivity index (χ0n) is 16.0. The molecule has 0 spiro atoms. The number of amides is 1. The van der Waals surface area contributed by atoms with Gasteiger partial charge in [0, 0.05) is 57.8 Å². The van der Waals surface area contributed by atoms with E-state index >= 15 is 0 Å². The largest absolute Gasteiger partial charge is 0.368 e. The lowest BCUT2D eigenvalue weighted by Crippen LogP contribution is -2.41. The number of hydrogen-bond donors (Lipinski definition) is 0. The Kier molecular flexibility index (Phi) is 5.07. The van der Waals surface area contributed by atoms with Gasteiger partial charge in [0.05, 0.1) is 11.4 Å². The molecular weight excluding hydrogens is 344 g/mol. The second kappa shape index (κ2) is 7.64. The van der Waals surface area contributed by atoms with E-state index in [0.717, 1.165) is 55.8 Å². The number of aryl methyl sites for hydroxylation is 2. The minimum Gasteiger partial charge on any atom is -0.368 e. The summed E-state index contributed by atoms with van der Waals surface area (Å²) in [5.41, 5.74) is 2.85. The van der Waals surface area contributed by atoms with Gasteiger partial charge in [-0.3, -0.25) is 9.48 Å². The quantitative estimate of drug-likeness (QED) is 0.813. The molecule has 2 aromatic rings. The third-order valence-corrected chi connectivity index (χ3v) is 5.23. The van der Waals surface area contributed by atoms with E-state index < -0.39 is 0 Å². The number of carbonyl (C=O) groups is 1. The fraction of sp³-hybridized carbons (Fsp3) is 0.579. The van der Waals surface area contributed by atoms with E-state index in [0.29, 0.717) is 19.1 Å². The maximum absolute atomic E-state index is 12.6. The molecule has 2 aliphatic rings. The van der Waals surface area contributed by atoms with Crippen LogP contribution in [0.5, 0.6) is 0 Å². The predicted octanol–water partition coefficient (Wildman–Crippen LogP) is 1.40. The summed E-state index contributed by atoms with van der Waals surface area (Å²) < 4.78 is 7.36. The average molecular weight is 370 g/mol. The second-order valence-electron chi connectivity index (χ2n) is 7.21. The van der Waals surface area contributed by atoms with Gasteiger partial charge in [-0.1, -0.05) is 0 Å². The highest BCUT2D eigenvalue weighted by atomic mass is 16.5. The lowest BCUT2D eigenvalue weighted by Gasteiger charge is -2.24. The van der Waals surface area contributed by atoms with Gasteiger partial charge < -0.3 is 14.5 Å². The number of hydrogen-bond acceptors (Lipinski definition) is 6. The first kappa shape index (κ1) is 17.9. The molecule has 2 aromatic heterocycles. The highest BCUT2D eigenvalue weighted by molar-refractivity contribution is 5.81. The van der Waals surface area contributed by atoms with Crippen molar-refractivity contribution in [3.8, 4) is 11.3 Å². The van der Waals surface area contributed by atoms with Crippen molar-refractivity contribution in [1.29, 1.82) is 0 Å².